The van der Waals surface area contributed by atoms with Crippen LogP contribution < -0.4 is 5.32 Å². The first-order valence-electron chi connectivity index (χ1n) is 7.15. The van der Waals surface area contributed by atoms with Gasteiger partial charge in [0.2, 0.25) is 0 Å². The Bertz CT molecular complexity index is 774. The molecule has 2 aromatic rings. The van der Waals surface area contributed by atoms with Gasteiger partial charge in [0, 0.05) is 10.2 Å². The van der Waals surface area contributed by atoms with Crippen LogP contribution in [0.1, 0.15) is 18.1 Å². The van der Waals surface area contributed by atoms with E-state index in [1.54, 1.807) is 6.92 Å². The van der Waals surface area contributed by atoms with Crippen molar-refractivity contribution >= 4 is 33.2 Å². The van der Waals surface area contributed by atoms with E-state index in [1.807, 2.05) is 24.3 Å². The van der Waals surface area contributed by atoms with Gasteiger partial charge in [-0.05, 0) is 42.8 Å². The van der Waals surface area contributed by atoms with Gasteiger partial charge < -0.3 is 10.2 Å². The molecule has 4 nitrogen and oxygen atoms in total. The topological polar surface area (TPSA) is 50.7 Å². The highest BCUT2D eigenvalue weighted by molar-refractivity contribution is 9.10. The highest BCUT2D eigenvalue weighted by atomic mass is 79.9. The number of halogens is 4. The summed E-state index contributed by atoms with van der Waals surface area (Å²) < 4.78 is 38.8. The number of oxime groups is 1. The number of carbonyl (C=O) groups excluding carboxylic acids is 1. The minimum Gasteiger partial charge on any atom is -0.385 e. The van der Waals surface area contributed by atoms with Gasteiger partial charge >= 0.3 is 6.18 Å². The molecule has 0 saturated heterocycles. The number of hydrogen-bond donors (Lipinski definition) is 1. The minimum absolute atomic E-state index is 0.0389. The van der Waals surface area contributed by atoms with E-state index in [0.29, 0.717) is 5.71 Å². The Labute approximate surface area is 150 Å². The molecule has 2 aromatic carbocycles. The minimum atomic E-state index is -4.47. The van der Waals surface area contributed by atoms with E-state index in [-0.39, 0.29) is 5.69 Å². The van der Waals surface area contributed by atoms with Crippen molar-refractivity contribution in [3.05, 3.63) is 64.1 Å². The number of amides is 1. The Hall–Kier alpha value is -2.35. The predicted molar refractivity (Wildman–Crippen MR) is 92.4 cm³/mol. The highest BCUT2D eigenvalue weighted by Crippen LogP contribution is 2.30. The molecule has 0 unspecified atom stereocenters. The maximum absolute atomic E-state index is 12.6. The van der Waals surface area contributed by atoms with E-state index in [2.05, 4.69) is 26.4 Å². The summed E-state index contributed by atoms with van der Waals surface area (Å²) in [5.41, 5.74) is 0.591. The van der Waals surface area contributed by atoms with Crippen molar-refractivity contribution in [3.8, 4) is 0 Å². The van der Waals surface area contributed by atoms with E-state index in [1.165, 1.54) is 12.1 Å². The summed E-state index contributed by atoms with van der Waals surface area (Å²) in [6.45, 7) is 1.30. The van der Waals surface area contributed by atoms with Crippen LogP contribution >= 0.6 is 15.9 Å². The molecule has 0 heterocycles. The van der Waals surface area contributed by atoms with Gasteiger partial charge in [0.25, 0.3) is 5.91 Å². The molecule has 25 heavy (non-hydrogen) atoms. The summed E-state index contributed by atoms with van der Waals surface area (Å²) in [4.78, 5) is 16.7. The van der Waals surface area contributed by atoms with Gasteiger partial charge in [-0.3, -0.25) is 4.79 Å². The average Bonchev–Trinajstić information content (AvgIpc) is 2.55. The molecular formula is C17H14BrF3N2O2. The van der Waals surface area contributed by atoms with Crippen LogP contribution in [0, 0.1) is 0 Å². The van der Waals surface area contributed by atoms with Gasteiger partial charge in [-0.15, -0.1) is 0 Å². The first-order valence-corrected chi connectivity index (χ1v) is 7.94. The normalized spacial score (nSPS) is 12.0. The third-order valence-corrected chi connectivity index (χ3v) is 3.66. The van der Waals surface area contributed by atoms with Gasteiger partial charge in [0.05, 0.1) is 11.3 Å². The molecule has 0 bridgehead atoms. The van der Waals surface area contributed by atoms with Crippen molar-refractivity contribution in [2.24, 2.45) is 5.16 Å². The van der Waals surface area contributed by atoms with Crippen LogP contribution in [0.15, 0.2) is 58.2 Å². The van der Waals surface area contributed by atoms with Crippen LogP contribution in [0.5, 0.6) is 0 Å². The number of carbonyl (C=O) groups is 1. The van der Waals surface area contributed by atoms with Crippen LogP contribution in [0.4, 0.5) is 18.9 Å². The number of benzene rings is 2. The third-order valence-electron chi connectivity index (χ3n) is 3.13. The molecule has 0 aliphatic carbocycles. The molecule has 1 N–H and O–H groups in total. The van der Waals surface area contributed by atoms with E-state index < -0.39 is 24.3 Å². The van der Waals surface area contributed by atoms with Crippen molar-refractivity contribution in [1.82, 2.24) is 0 Å². The van der Waals surface area contributed by atoms with Gasteiger partial charge in [-0.2, -0.15) is 13.2 Å². The van der Waals surface area contributed by atoms with Gasteiger partial charge in [0.1, 0.15) is 0 Å². The summed E-state index contributed by atoms with van der Waals surface area (Å²) >= 11 is 3.32. The largest absolute Gasteiger partial charge is 0.416 e. The Kier molecular flexibility index (Phi) is 6.19. The lowest BCUT2D eigenvalue weighted by atomic mass is 10.1. The van der Waals surface area contributed by atoms with E-state index in [0.717, 1.165) is 22.2 Å². The molecule has 1 amide bonds. The zero-order valence-corrected chi connectivity index (χ0v) is 14.7. The standard InChI is InChI=1S/C17H14BrF3N2O2/c1-11(12-5-7-14(18)8-6-12)23-25-10-16(24)22-15-4-2-3-13(9-15)17(19,20)21/h2-9H,10H2,1H3,(H,22,24). The zero-order valence-electron chi connectivity index (χ0n) is 13.1. The van der Waals surface area contributed by atoms with Gasteiger partial charge in [0.15, 0.2) is 6.61 Å². The molecule has 0 radical (unpaired) electrons. The van der Waals surface area contributed by atoms with Crippen molar-refractivity contribution < 1.29 is 22.8 Å². The van der Waals surface area contributed by atoms with E-state index in [4.69, 9.17) is 4.84 Å². The summed E-state index contributed by atoms with van der Waals surface area (Å²) in [6, 6.07) is 11.7. The lowest BCUT2D eigenvalue weighted by Crippen LogP contribution is -2.18. The Morgan fingerprint density at radius 2 is 1.88 bits per heavy atom. The lowest BCUT2D eigenvalue weighted by molar-refractivity contribution is -0.137. The van der Waals surface area contributed by atoms with E-state index >= 15 is 0 Å². The first-order chi connectivity index (χ1) is 11.8. The number of anilines is 1. The second-order valence-corrected chi connectivity index (χ2v) is 6.00. The summed E-state index contributed by atoms with van der Waals surface area (Å²) in [5, 5.41) is 6.16. The average molecular weight is 415 g/mol. The predicted octanol–water partition coefficient (Wildman–Crippen LogP) is 4.85. The maximum Gasteiger partial charge on any atom is 0.416 e. The van der Waals surface area contributed by atoms with Crippen LogP contribution in [0.3, 0.4) is 0 Å². The molecule has 0 aromatic heterocycles. The molecule has 0 saturated carbocycles. The molecule has 8 heteroatoms. The number of rotatable bonds is 5. The van der Waals surface area contributed by atoms with Crippen molar-refractivity contribution in [1.29, 1.82) is 0 Å². The Morgan fingerprint density at radius 1 is 1.20 bits per heavy atom. The summed E-state index contributed by atoms with van der Waals surface area (Å²) in [7, 11) is 0. The monoisotopic (exact) mass is 414 g/mol. The first kappa shape index (κ1) is 19.0. The highest BCUT2D eigenvalue weighted by Gasteiger charge is 2.30. The molecule has 0 atom stereocenters. The number of hydrogen-bond acceptors (Lipinski definition) is 3. The number of nitrogens with one attached hydrogen (secondary N) is 1. The lowest BCUT2D eigenvalue weighted by Gasteiger charge is -2.09. The SMILES string of the molecule is CC(=NOCC(=O)Nc1cccc(C(F)(F)F)c1)c1ccc(Br)cc1. The quantitative estimate of drug-likeness (QED) is 0.561. The Balaban J connectivity index is 1.90. The molecule has 132 valence electrons. The fraction of sp³-hybridized carbons (Fsp3) is 0.176. The second-order valence-electron chi connectivity index (χ2n) is 5.08. The fourth-order valence-electron chi connectivity index (χ4n) is 1.90. The Morgan fingerprint density at radius 3 is 2.52 bits per heavy atom. The van der Waals surface area contributed by atoms with Crippen LogP contribution in [-0.4, -0.2) is 18.2 Å². The van der Waals surface area contributed by atoms with Crippen LogP contribution in [0.2, 0.25) is 0 Å². The molecule has 0 spiro atoms. The molecule has 0 aliphatic rings. The zero-order chi connectivity index (χ0) is 18.4. The summed E-state index contributed by atoms with van der Waals surface area (Å²) in [6.07, 6.45) is -4.47. The second kappa shape index (κ2) is 8.15. The van der Waals surface area contributed by atoms with Gasteiger partial charge in [-0.25, -0.2) is 0 Å². The molecule has 0 aliphatic heterocycles. The molecule has 0 fully saturated rings. The number of alkyl halides is 3. The maximum atomic E-state index is 12.6. The van der Waals surface area contributed by atoms with Crippen molar-refractivity contribution in [3.63, 3.8) is 0 Å². The fourth-order valence-corrected chi connectivity index (χ4v) is 2.17. The summed E-state index contributed by atoms with van der Waals surface area (Å²) in [5.74, 6) is -0.605. The smallest absolute Gasteiger partial charge is 0.385 e. The number of nitrogens with zero attached hydrogens (tertiary/aromatic N) is 1. The van der Waals surface area contributed by atoms with Crippen molar-refractivity contribution in [2.75, 3.05) is 11.9 Å². The molecular weight excluding hydrogens is 401 g/mol. The third kappa shape index (κ3) is 5.90. The van der Waals surface area contributed by atoms with E-state index in [9.17, 15) is 18.0 Å². The molecule has 2 rings (SSSR count). The van der Waals surface area contributed by atoms with Gasteiger partial charge in [-0.1, -0.05) is 39.3 Å². The van der Waals surface area contributed by atoms with Crippen LogP contribution in [-0.2, 0) is 15.8 Å². The van der Waals surface area contributed by atoms with Crippen molar-refractivity contribution in [2.45, 2.75) is 13.1 Å². The van der Waals surface area contributed by atoms with Crippen LogP contribution in [0.25, 0.3) is 0 Å².